The molecular formula is C10H12O2S. The Balaban J connectivity index is 3.08. The van der Waals surface area contributed by atoms with Crippen molar-refractivity contribution in [2.75, 3.05) is 6.26 Å². The van der Waals surface area contributed by atoms with Gasteiger partial charge in [-0.3, -0.25) is 0 Å². The van der Waals surface area contributed by atoms with Crippen LogP contribution < -0.4 is 0 Å². The van der Waals surface area contributed by atoms with Crippen LogP contribution in [0.5, 0.6) is 0 Å². The molecule has 1 rings (SSSR count). The Morgan fingerprint density at radius 1 is 1.38 bits per heavy atom. The minimum atomic E-state index is -2.96. The van der Waals surface area contributed by atoms with Crippen LogP contribution in [0.1, 0.15) is 11.1 Å². The van der Waals surface area contributed by atoms with Crippen molar-refractivity contribution < 1.29 is 8.42 Å². The van der Waals surface area contributed by atoms with Crippen LogP contribution in [0.2, 0.25) is 0 Å². The van der Waals surface area contributed by atoms with E-state index in [4.69, 9.17) is 0 Å². The molecule has 13 heavy (non-hydrogen) atoms. The van der Waals surface area contributed by atoms with Crippen LogP contribution >= 0.6 is 0 Å². The Labute approximate surface area is 78.8 Å². The van der Waals surface area contributed by atoms with Crippen molar-refractivity contribution in [3.05, 3.63) is 42.0 Å². The summed E-state index contributed by atoms with van der Waals surface area (Å²) >= 11 is 0. The maximum atomic E-state index is 11.0. The predicted octanol–water partition coefficient (Wildman–Crippen LogP) is 1.87. The van der Waals surface area contributed by atoms with Gasteiger partial charge in [0.15, 0.2) is 9.84 Å². The lowest BCUT2D eigenvalue weighted by Crippen LogP contribution is -2.01. The normalized spacial score (nSPS) is 11.2. The Morgan fingerprint density at radius 2 is 2.00 bits per heavy atom. The van der Waals surface area contributed by atoms with Gasteiger partial charge in [0, 0.05) is 6.26 Å². The number of sulfone groups is 1. The van der Waals surface area contributed by atoms with Crippen LogP contribution in [-0.2, 0) is 15.6 Å². The standard InChI is InChI=1S/C10H12O2S/c1-3-9-6-4-5-7-10(9)8-13(2,11)12/h3-7H,1,8H2,2H3. The van der Waals surface area contributed by atoms with Gasteiger partial charge in [-0.2, -0.15) is 0 Å². The highest BCUT2D eigenvalue weighted by Crippen LogP contribution is 2.12. The number of benzene rings is 1. The van der Waals surface area contributed by atoms with Crippen molar-refractivity contribution in [2.45, 2.75) is 5.75 Å². The molecule has 0 heterocycles. The first-order valence-electron chi connectivity index (χ1n) is 3.91. The summed E-state index contributed by atoms with van der Waals surface area (Å²) < 4.78 is 22.1. The first kappa shape index (κ1) is 9.99. The molecule has 0 atom stereocenters. The lowest BCUT2D eigenvalue weighted by atomic mass is 10.1. The summed E-state index contributed by atoms with van der Waals surface area (Å²) in [5.74, 6) is 0.0786. The molecule has 0 spiro atoms. The maximum Gasteiger partial charge on any atom is 0.151 e. The zero-order valence-electron chi connectivity index (χ0n) is 7.53. The molecule has 0 fully saturated rings. The molecule has 1 aromatic carbocycles. The minimum absolute atomic E-state index is 0.0786. The van der Waals surface area contributed by atoms with Crippen LogP contribution in [0.15, 0.2) is 30.8 Å². The molecule has 0 saturated heterocycles. The third-order valence-electron chi connectivity index (χ3n) is 1.69. The fourth-order valence-corrected chi connectivity index (χ4v) is 1.98. The lowest BCUT2D eigenvalue weighted by Gasteiger charge is -2.03. The summed E-state index contributed by atoms with van der Waals surface area (Å²) in [5.41, 5.74) is 1.69. The van der Waals surface area contributed by atoms with Crippen LogP contribution in [-0.4, -0.2) is 14.7 Å². The Morgan fingerprint density at radius 3 is 2.54 bits per heavy atom. The predicted molar refractivity (Wildman–Crippen MR) is 55.1 cm³/mol. The third kappa shape index (κ3) is 3.03. The average Bonchev–Trinajstić information content (AvgIpc) is 2.02. The van der Waals surface area contributed by atoms with E-state index in [2.05, 4.69) is 6.58 Å². The van der Waals surface area contributed by atoms with Gasteiger partial charge in [-0.1, -0.05) is 36.9 Å². The van der Waals surface area contributed by atoms with E-state index < -0.39 is 9.84 Å². The summed E-state index contributed by atoms with van der Waals surface area (Å²) in [5, 5.41) is 0. The van der Waals surface area contributed by atoms with E-state index in [0.29, 0.717) is 0 Å². The van der Waals surface area contributed by atoms with Crippen molar-refractivity contribution in [1.82, 2.24) is 0 Å². The second-order valence-corrected chi connectivity index (χ2v) is 5.11. The van der Waals surface area contributed by atoms with E-state index in [-0.39, 0.29) is 5.75 Å². The number of hydrogen-bond acceptors (Lipinski definition) is 2. The first-order chi connectivity index (χ1) is 6.03. The highest BCUT2D eigenvalue weighted by Gasteiger charge is 2.06. The van der Waals surface area contributed by atoms with E-state index in [1.54, 1.807) is 12.1 Å². The number of rotatable bonds is 3. The summed E-state index contributed by atoms with van der Waals surface area (Å²) in [4.78, 5) is 0. The molecule has 0 aliphatic heterocycles. The fourth-order valence-electron chi connectivity index (χ4n) is 1.15. The zero-order valence-corrected chi connectivity index (χ0v) is 8.34. The van der Waals surface area contributed by atoms with E-state index in [0.717, 1.165) is 11.1 Å². The van der Waals surface area contributed by atoms with Gasteiger partial charge in [0.25, 0.3) is 0 Å². The molecule has 2 nitrogen and oxygen atoms in total. The van der Waals surface area contributed by atoms with Gasteiger partial charge in [0.05, 0.1) is 5.75 Å². The highest BCUT2D eigenvalue weighted by atomic mass is 32.2. The largest absolute Gasteiger partial charge is 0.229 e. The van der Waals surface area contributed by atoms with Gasteiger partial charge in [0.1, 0.15) is 0 Å². The molecule has 0 aliphatic rings. The smallest absolute Gasteiger partial charge is 0.151 e. The zero-order chi connectivity index (χ0) is 9.90. The topological polar surface area (TPSA) is 34.1 Å². The third-order valence-corrected chi connectivity index (χ3v) is 2.53. The Hall–Kier alpha value is -1.09. The van der Waals surface area contributed by atoms with E-state index in [1.807, 2.05) is 18.2 Å². The highest BCUT2D eigenvalue weighted by molar-refractivity contribution is 7.89. The van der Waals surface area contributed by atoms with Crippen LogP contribution in [0, 0.1) is 0 Å². The van der Waals surface area contributed by atoms with Gasteiger partial charge in [0.2, 0.25) is 0 Å². The molecule has 0 bridgehead atoms. The molecule has 0 saturated carbocycles. The molecule has 0 unspecified atom stereocenters. The first-order valence-corrected chi connectivity index (χ1v) is 5.97. The minimum Gasteiger partial charge on any atom is -0.229 e. The van der Waals surface area contributed by atoms with Crippen molar-refractivity contribution in [2.24, 2.45) is 0 Å². The average molecular weight is 196 g/mol. The SMILES string of the molecule is C=Cc1ccccc1CS(C)(=O)=O. The van der Waals surface area contributed by atoms with E-state index in [1.165, 1.54) is 6.26 Å². The maximum absolute atomic E-state index is 11.0. The lowest BCUT2D eigenvalue weighted by molar-refractivity contribution is 0.601. The molecule has 0 amide bonds. The van der Waals surface area contributed by atoms with Gasteiger partial charge in [-0.15, -0.1) is 0 Å². The van der Waals surface area contributed by atoms with Crippen molar-refractivity contribution in [3.63, 3.8) is 0 Å². The van der Waals surface area contributed by atoms with Crippen molar-refractivity contribution in [1.29, 1.82) is 0 Å². The van der Waals surface area contributed by atoms with E-state index >= 15 is 0 Å². The van der Waals surface area contributed by atoms with Gasteiger partial charge >= 0.3 is 0 Å². The van der Waals surface area contributed by atoms with Crippen molar-refractivity contribution >= 4 is 15.9 Å². The van der Waals surface area contributed by atoms with Crippen molar-refractivity contribution in [3.8, 4) is 0 Å². The van der Waals surface area contributed by atoms with Gasteiger partial charge in [-0.25, -0.2) is 8.42 Å². The Bertz CT molecular complexity index is 405. The summed E-state index contributed by atoms with van der Waals surface area (Å²) in [6.07, 6.45) is 2.90. The monoisotopic (exact) mass is 196 g/mol. The van der Waals surface area contributed by atoms with Gasteiger partial charge < -0.3 is 0 Å². The van der Waals surface area contributed by atoms with Crippen LogP contribution in [0.3, 0.4) is 0 Å². The molecule has 0 aromatic heterocycles. The summed E-state index contributed by atoms with van der Waals surface area (Å²) in [7, 11) is -2.96. The number of hydrogen-bond donors (Lipinski definition) is 0. The molecule has 0 radical (unpaired) electrons. The second kappa shape index (κ2) is 3.75. The fraction of sp³-hybridized carbons (Fsp3) is 0.200. The Kier molecular flexibility index (Phi) is 2.88. The van der Waals surface area contributed by atoms with Crippen LogP contribution in [0.25, 0.3) is 6.08 Å². The molecule has 0 aliphatic carbocycles. The van der Waals surface area contributed by atoms with Crippen LogP contribution in [0.4, 0.5) is 0 Å². The van der Waals surface area contributed by atoms with E-state index in [9.17, 15) is 8.42 Å². The summed E-state index contributed by atoms with van der Waals surface area (Å²) in [6.45, 7) is 3.63. The van der Waals surface area contributed by atoms with Gasteiger partial charge in [-0.05, 0) is 11.1 Å². The second-order valence-electron chi connectivity index (χ2n) is 2.97. The molecule has 1 aromatic rings. The molecule has 70 valence electrons. The summed E-state index contributed by atoms with van der Waals surface area (Å²) in [6, 6.07) is 7.35. The molecule has 3 heteroatoms. The molecule has 0 N–H and O–H groups in total. The quantitative estimate of drug-likeness (QED) is 0.739. The molecular weight excluding hydrogens is 184 g/mol.